The number of hydrogen-bond donors (Lipinski definition) is 2. The molecule has 148 valence electrons. The molecular formula is C21H22Cl2N2O3. The van der Waals surface area contributed by atoms with Crippen LogP contribution in [-0.2, 0) is 0 Å². The zero-order chi connectivity index (χ0) is 20.1. The highest BCUT2D eigenvalue weighted by Crippen LogP contribution is 2.28. The molecule has 2 aromatic rings. The van der Waals surface area contributed by atoms with E-state index in [-0.39, 0.29) is 22.2 Å². The van der Waals surface area contributed by atoms with Crippen LogP contribution in [0.3, 0.4) is 0 Å². The Kier molecular flexibility index (Phi) is 6.92. The van der Waals surface area contributed by atoms with Crippen molar-refractivity contribution in [2.75, 3.05) is 6.54 Å². The molecular weight excluding hydrogens is 399 g/mol. The molecule has 5 nitrogen and oxygen atoms in total. The predicted molar refractivity (Wildman–Crippen MR) is 110 cm³/mol. The van der Waals surface area contributed by atoms with E-state index in [1.807, 2.05) is 0 Å². The number of carbonyl (C=O) groups is 2. The van der Waals surface area contributed by atoms with Crippen LogP contribution in [0.4, 0.5) is 0 Å². The van der Waals surface area contributed by atoms with E-state index in [1.54, 1.807) is 18.2 Å². The normalized spacial score (nSPS) is 15.1. The molecule has 0 saturated heterocycles. The largest absolute Gasteiger partial charge is 0.478 e. The maximum Gasteiger partial charge on any atom is 0.337 e. The van der Waals surface area contributed by atoms with Crippen LogP contribution < -0.4 is 5.32 Å². The molecule has 1 aromatic heterocycles. The molecule has 1 aliphatic rings. The first-order valence-electron chi connectivity index (χ1n) is 9.42. The number of carbonyl (C=O) groups excluding carboxylic acids is 1. The van der Waals surface area contributed by atoms with E-state index in [0.29, 0.717) is 28.6 Å². The lowest BCUT2D eigenvalue weighted by atomic mass is 10.00. The summed E-state index contributed by atoms with van der Waals surface area (Å²) in [7, 11) is 0. The van der Waals surface area contributed by atoms with Gasteiger partial charge in [0, 0.05) is 18.3 Å². The Labute approximate surface area is 174 Å². The SMILES string of the molecule is O=C(NCC1CCCCCC1)c1cc(-c2ncc(Cl)cc2C(=O)O)ccc1Cl. The van der Waals surface area contributed by atoms with Gasteiger partial charge in [-0.1, -0.05) is 55.0 Å². The maximum absolute atomic E-state index is 12.7. The number of rotatable bonds is 5. The number of pyridine rings is 1. The molecule has 28 heavy (non-hydrogen) atoms. The molecule has 3 rings (SSSR count). The number of benzene rings is 1. The Morgan fingerprint density at radius 1 is 1.07 bits per heavy atom. The third kappa shape index (κ3) is 5.03. The van der Waals surface area contributed by atoms with Gasteiger partial charge in [-0.25, -0.2) is 4.79 Å². The third-order valence-corrected chi connectivity index (χ3v) is 5.63. The van der Waals surface area contributed by atoms with Crippen LogP contribution in [0.15, 0.2) is 30.5 Å². The van der Waals surface area contributed by atoms with Crippen LogP contribution in [0, 0.1) is 5.92 Å². The second-order valence-corrected chi connectivity index (χ2v) is 7.96. The van der Waals surface area contributed by atoms with Gasteiger partial charge >= 0.3 is 5.97 Å². The van der Waals surface area contributed by atoms with Crippen molar-refractivity contribution in [2.45, 2.75) is 38.5 Å². The number of aromatic carboxylic acids is 1. The summed E-state index contributed by atoms with van der Waals surface area (Å²) in [5.41, 5.74) is 1.02. The van der Waals surface area contributed by atoms with Crippen molar-refractivity contribution in [2.24, 2.45) is 5.92 Å². The minimum atomic E-state index is -1.14. The Morgan fingerprint density at radius 2 is 1.79 bits per heavy atom. The Balaban J connectivity index is 1.81. The van der Waals surface area contributed by atoms with Gasteiger partial charge in [-0.2, -0.15) is 0 Å². The predicted octanol–water partition coefficient (Wildman–Crippen LogP) is 5.45. The van der Waals surface area contributed by atoms with E-state index in [2.05, 4.69) is 10.3 Å². The number of aromatic nitrogens is 1. The average Bonchev–Trinajstić information content (AvgIpc) is 2.95. The van der Waals surface area contributed by atoms with Crippen LogP contribution in [0.1, 0.15) is 59.2 Å². The first-order chi connectivity index (χ1) is 13.5. The molecule has 1 saturated carbocycles. The van der Waals surface area contributed by atoms with Gasteiger partial charge in [0.15, 0.2) is 0 Å². The second kappa shape index (κ2) is 9.39. The van der Waals surface area contributed by atoms with Crippen molar-refractivity contribution in [3.05, 3.63) is 51.6 Å². The third-order valence-electron chi connectivity index (χ3n) is 5.10. The summed E-state index contributed by atoms with van der Waals surface area (Å²) in [6.45, 7) is 0.624. The van der Waals surface area contributed by atoms with Crippen molar-refractivity contribution in [1.82, 2.24) is 10.3 Å². The molecule has 1 aliphatic carbocycles. The van der Waals surface area contributed by atoms with Crippen LogP contribution in [-0.4, -0.2) is 28.5 Å². The average molecular weight is 421 g/mol. The smallest absolute Gasteiger partial charge is 0.337 e. The van der Waals surface area contributed by atoms with Gasteiger partial charge in [-0.05, 0) is 37.0 Å². The van der Waals surface area contributed by atoms with E-state index in [9.17, 15) is 14.7 Å². The highest BCUT2D eigenvalue weighted by Gasteiger charge is 2.19. The van der Waals surface area contributed by atoms with E-state index in [1.165, 1.54) is 37.9 Å². The summed E-state index contributed by atoms with van der Waals surface area (Å²) in [5, 5.41) is 13.0. The number of amides is 1. The highest BCUT2D eigenvalue weighted by molar-refractivity contribution is 6.34. The quantitative estimate of drug-likeness (QED) is 0.629. The van der Waals surface area contributed by atoms with Gasteiger partial charge in [0.2, 0.25) is 0 Å². The molecule has 1 amide bonds. The summed E-state index contributed by atoms with van der Waals surface area (Å²) in [6.07, 6.45) is 8.57. The minimum absolute atomic E-state index is 0.0281. The lowest BCUT2D eigenvalue weighted by Crippen LogP contribution is -2.29. The van der Waals surface area contributed by atoms with Gasteiger partial charge in [-0.3, -0.25) is 9.78 Å². The molecule has 2 N–H and O–H groups in total. The van der Waals surface area contributed by atoms with Gasteiger partial charge in [-0.15, -0.1) is 0 Å². The molecule has 0 radical (unpaired) electrons. The van der Waals surface area contributed by atoms with E-state index >= 15 is 0 Å². The van der Waals surface area contributed by atoms with Crippen LogP contribution >= 0.6 is 23.2 Å². The molecule has 1 heterocycles. The Hall–Kier alpha value is -2.11. The molecule has 7 heteroatoms. The maximum atomic E-state index is 12.7. The number of nitrogens with zero attached hydrogens (tertiary/aromatic N) is 1. The molecule has 1 fully saturated rings. The molecule has 0 atom stereocenters. The molecule has 1 aromatic carbocycles. The van der Waals surface area contributed by atoms with Crippen molar-refractivity contribution < 1.29 is 14.7 Å². The van der Waals surface area contributed by atoms with Crippen molar-refractivity contribution >= 4 is 35.1 Å². The van der Waals surface area contributed by atoms with Crippen LogP contribution in [0.2, 0.25) is 10.0 Å². The Morgan fingerprint density at radius 3 is 2.46 bits per heavy atom. The number of hydrogen-bond acceptors (Lipinski definition) is 3. The van der Waals surface area contributed by atoms with Crippen molar-refractivity contribution in [3.63, 3.8) is 0 Å². The fourth-order valence-electron chi connectivity index (χ4n) is 3.58. The van der Waals surface area contributed by atoms with Crippen molar-refractivity contribution in [1.29, 1.82) is 0 Å². The number of carboxylic acids is 1. The second-order valence-electron chi connectivity index (χ2n) is 7.12. The summed E-state index contributed by atoms with van der Waals surface area (Å²) in [4.78, 5) is 28.4. The standard InChI is InChI=1S/C21H22Cl2N2O3/c22-15-10-17(21(27)28)19(24-12-15)14-7-8-18(23)16(9-14)20(26)25-11-13-5-3-1-2-4-6-13/h7-10,12-13H,1-6,11H2,(H,25,26)(H,27,28). The highest BCUT2D eigenvalue weighted by atomic mass is 35.5. The zero-order valence-electron chi connectivity index (χ0n) is 15.4. The lowest BCUT2D eigenvalue weighted by Gasteiger charge is -2.15. The molecule has 0 spiro atoms. The summed E-state index contributed by atoms with van der Waals surface area (Å²) < 4.78 is 0. The molecule has 0 bridgehead atoms. The van der Waals surface area contributed by atoms with Gasteiger partial charge in [0.1, 0.15) is 0 Å². The number of carboxylic acid groups (broad SMARTS) is 1. The van der Waals surface area contributed by atoms with E-state index in [0.717, 1.165) is 12.8 Å². The number of halogens is 2. The molecule has 0 unspecified atom stereocenters. The first kappa shape index (κ1) is 20.6. The minimum Gasteiger partial charge on any atom is -0.478 e. The van der Waals surface area contributed by atoms with Gasteiger partial charge in [0.25, 0.3) is 5.91 Å². The van der Waals surface area contributed by atoms with Crippen LogP contribution in [0.5, 0.6) is 0 Å². The zero-order valence-corrected chi connectivity index (χ0v) is 16.9. The first-order valence-corrected chi connectivity index (χ1v) is 10.2. The lowest BCUT2D eigenvalue weighted by molar-refractivity contribution is 0.0697. The fourth-order valence-corrected chi connectivity index (χ4v) is 3.94. The van der Waals surface area contributed by atoms with Crippen molar-refractivity contribution in [3.8, 4) is 11.3 Å². The fraction of sp³-hybridized carbons (Fsp3) is 0.381. The monoisotopic (exact) mass is 420 g/mol. The summed E-state index contributed by atoms with van der Waals surface area (Å²) in [6, 6.07) is 6.15. The van der Waals surface area contributed by atoms with Gasteiger partial charge in [0.05, 0.1) is 26.9 Å². The van der Waals surface area contributed by atoms with Crippen LogP contribution in [0.25, 0.3) is 11.3 Å². The Bertz CT molecular complexity index is 878. The van der Waals surface area contributed by atoms with E-state index in [4.69, 9.17) is 23.2 Å². The number of nitrogens with one attached hydrogen (secondary N) is 1. The molecule has 0 aliphatic heterocycles. The summed E-state index contributed by atoms with van der Waals surface area (Å²) in [5.74, 6) is -0.911. The topological polar surface area (TPSA) is 79.3 Å². The van der Waals surface area contributed by atoms with E-state index < -0.39 is 5.97 Å². The van der Waals surface area contributed by atoms with Gasteiger partial charge < -0.3 is 10.4 Å². The summed E-state index contributed by atoms with van der Waals surface area (Å²) >= 11 is 12.1.